The smallest absolute Gasteiger partial charge is 0.252 e. The second-order valence-electron chi connectivity index (χ2n) is 8.21. The molecular formula is C26H23F2N3O2. The van der Waals surface area contributed by atoms with Gasteiger partial charge in [-0.15, -0.1) is 0 Å². The van der Waals surface area contributed by atoms with Gasteiger partial charge in [-0.25, -0.2) is 8.78 Å². The zero-order chi connectivity index (χ0) is 23.4. The summed E-state index contributed by atoms with van der Waals surface area (Å²) in [6, 6.07) is 15.7. The predicted molar refractivity (Wildman–Crippen MR) is 123 cm³/mol. The van der Waals surface area contributed by atoms with Crippen molar-refractivity contribution in [3.8, 4) is 0 Å². The van der Waals surface area contributed by atoms with Crippen molar-refractivity contribution in [2.75, 3.05) is 13.2 Å². The SMILES string of the molecule is C[C@](CO)(Cc1ccccn1)NC(=O)c1cccc(F)c1C1=NCC(c2ccc(F)cc2)=C1. The zero-order valence-corrected chi connectivity index (χ0v) is 18.1. The van der Waals surface area contributed by atoms with Crippen LogP contribution in [0.25, 0.3) is 5.57 Å². The molecule has 0 bridgehead atoms. The normalized spacial score (nSPS) is 14.9. The fourth-order valence-corrected chi connectivity index (χ4v) is 3.77. The molecule has 0 fully saturated rings. The summed E-state index contributed by atoms with van der Waals surface area (Å²) in [5.74, 6) is -1.44. The molecule has 0 saturated carbocycles. The summed E-state index contributed by atoms with van der Waals surface area (Å²) >= 11 is 0. The number of aliphatic hydroxyl groups is 1. The number of hydrogen-bond donors (Lipinski definition) is 2. The Kier molecular flexibility index (Phi) is 6.42. The Morgan fingerprint density at radius 3 is 2.58 bits per heavy atom. The number of benzene rings is 2. The van der Waals surface area contributed by atoms with E-state index in [0.717, 1.165) is 11.1 Å². The molecule has 4 rings (SSSR count). The van der Waals surface area contributed by atoms with Crippen molar-refractivity contribution in [1.82, 2.24) is 10.3 Å². The summed E-state index contributed by atoms with van der Waals surface area (Å²) in [4.78, 5) is 21.9. The lowest BCUT2D eigenvalue weighted by Gasteiger charge is -2.29. The summed E-state index contributed by atoms with van der Waals surface area (Å²) in [5, 5.41) is 12.8. The maximum absolute atomic E-state index is 14.9. The first-order valence-corrected chi connectivity index (χ1v) is 10.5. The molecule has 3 aromatic rings. The molecule has 0 unspecified atom stereocenters. The van der Waals surface area contributed by atoms with Crippen molar-refractivity contribution in [2.45, 2.75) is 18.9 Å². The molecule has 5 nitrogen and oxygen atoms in total. The van der Waals surface area contributed by atoms with Crippen LogP contribution < -0.4 is 5.32 Å². The number of amides is 1. The highest BCUT2D eigenvalue weighted by molar-refractivity contribution is 6.19. The first-order valence-electron chi connectivity index (χ1n) is 10.5. The van der Waals surface area contributed by atoms with Crippen LogP contribution in [-0.4, -0.2) is 40.4 Å². The first-order chi connectivity index (χ1) is 15.9. The minimum atomic E-state index is -0.998. The van der Waals surface area contributed by atoms with Gasteiger partial charge in [0.25, 0.3) is 5.91 Å². The zero-order valence-electron chi connectivity index (χ0n) is 18.1. The van der Waals surface area contributed by atoms with E-state index >= 15 is 0 Å². The van der Waals surface area contributed by atoms with Crippen LogP contribution in [0.1, 0.15) is 34.1 Å². The molecule has 1 aliphatic heterocycles. The van der Waals surface area contributed by atoms with Gasteiger partial charge >= 0.3 is 0 Å². The molecule has 7 heteroatoms. The van der Waals surface area contributed by atoms with Gasteiger partial charge in [0.05, 0.1) is 30.0 Å². The minimum Gasteiger partial charge on any atom is -0.394 e. The van der Waals surface area contributed by atoms with Crippen LogP contribution in [0, 0.1) is 11.6 Å². The van der Waals surface area contributed by atoms with Crippen molar-refractivity contribution < 1.29 is 18.7 Å². The third kappa shape index (κ3) is 5.04. The number of carbonyl (C=O) groups excluding carboxylic acids is 1. The summed E-state index contributed by atoms with van der Waals surface area (Å²) in [6.07, 6.45) is 3.65. The Morgan fingerprint density at radius 2 is 1.88 bits per heavy atom. The number of aliphatic hydroxyl groups excluding tert-OH is 1. The number of pyridine rings is 1. The molecule has 2 heterocycles. The second-order valence-corrected chi connectivity index (χ2v) is 8.21. The number of halogens is 2. The molecular weight excluding hydrogens is 424 g/mol. The molecule has 33 heavy (non-hydrogen) atoms. The van der Waals surface area contributed by atoms with Crippen LogP contribution in [0.2, 0.25) is 0 Å². The van der Waals surface area contributed by atoms with E-state index in [1.165, 1.54) is 30.3 Å². The molecule has 0 spiro atoms. The average molecular weight is 447 g/mol. The summed E-state index contributed by atoms with van der Waals surface area (Å²) < 4.78 is 28.2. The molecule has 2 N–H and O–H groups in total. The molecule has 0 aliphatic carbocycles. The fraction of sp³-hybridized carbons (Fsp3) is 0.192. The van der Waals surface area contributed by atoms with E-state index in [9.17, 15) is 18.7 Å². The van der Waals surface area contributed by atoms with Crippen LogP contribution in [0.15, 0.2) is 77.9 Å². The van der Waals surface area contributed by atoms with E-state index in [-0.39, 0.29) is 23.6 Å². The number of carbonyl (C=O) groups is 1. The van der Waals surface area contributed by atoms with Crippen molar-refractivity contribution in [3.63, 3.8) is 0 Å². The molecule has 0 saturated heterocycles. The molecule has 1 aromatic heterocycles. The van der Waals surface area contributed by atoms with Gasteiger partial charge in [-0.2, -0.15) is 0 Å². The quantitative estimate of drug-likeness (QED) is 0.576. The lowest BCUT2D eigenvalue weighted by Crippen LogP contribution is -2.51. The van der Waals surface area contributed by atoms with Crippen LogP contribution in [0.3, 0.4) is 0 Å². The Morgan fingerprint density at radius 1 is 1.09 bits per heavy atom. The van der Waals surface area contributed by atoms with Crippen LogP contribution in [0.5, 0.6) is 0 Å². The Balaban J connectivity index is 1.61. The molecule has 1 aliphatic rings. The average Bonchev–Trinajstić information content (AvgIpc) is 3.29. The summed E-state index contributed by atoms with van der Waals surface area (Å²) in [6.45, 7) is 1.68. The first kappa shape index (κ1) is 22.5. The van der Waals surface area contributed by atoms with Crippen LogP contribution in [0.4, 0.5) is 8.78 Å². The number of aromatic nitrogens is 1. The number of hydrogen-bond acceptors (Lipinski definition) is 4. The van der Waals surface area contributed by atoms with Gasteiger partial charge in [-0.3, -0.25) is 14.8 Å². The van der Waals surface area contributed by atoms with Gasteiger partial charge in [0.2, 0.25) is 0 Å². The number of allylic oxidation sites excluding steroid dienone is 1. The van der Waals surface area contributed by atoms with Gasteiger partial charge in [0, 0.05) is 23.9 Å². The molecule has 1 atom stereocenters. The van der Waals surface area contributed by atoms with E-state index in [4.69, 9.17) is 0 Å². The lowest BCUT2D eigenvalue weighted by atomic mass is 9.94. The third-order valence-corrected chi connectivity index (χ3v) is 5.52. The second kappa shape index (κ2) is 9.42. The standard InChI is InChI=1S/C26H23F2N3O2/c1-26(16-32,14-20-5-2-3-12-29-20)31-25(33)21-6-4-7-22(28)24(21)23-13-18(15-30-23)17-8-10-19(27)11-9-17/h2-13,32H,14-16H2,1H3,(H,31,33)/t26-/m1/s1. The highest BCUT2D eigenvalue weighted by Gasteiger charge is 2.29. The molecule has 0 radical (unpaired) electrons. The highest BCUT2D eigenvalue weighted by atomic mass is 19.1. The maximum atomic E-state index is 14.9. The van der Waals surface area contributed by atoms with Crippen molar-refractivity contribution in [1.29, 1.82) is 0 Å². The van der Waals surface area contributed by atoms with Crippen LogP contribution in [-0.2, 0) is 6.42 Å². The maximum Gasteiger partial charge on any atom is 0.252 e. The molecule has 2 aromatic carbocycles. The van der Waals surface area contributed by atoms with Crippen molar-refractivity contribution in [2.24, 2.45) is 4.99 Å². The number of aliphatic imine (C=N–C) groups is 1. The van der Waals surface area contributed by atoms with Gasteiger partial charge in [-0.1, -0.05) is 24.3 Å². The van der Waals surface area contributed by atoms with Gasteiger partial charge in [0.1, 0.15) is 11.6 Å². The van der Waals surface area contributed by atoms with E-state index in [1.807, 2.05) is 12.1 Å². The van der Waals surface area contributed by atoms with Crippen LogP contribution >= 0.6 is 0 Å². The molecule has 168 valence electrons. The highest BCUT2D eigenvalue weighted by Crippen LogP contribution is 2.25. The van der Waals surface area contributed by atoms with E-state index in [1.54, 1.807) is 37.4 Å². The van der Waals surface area contributed by atoms with E-state index in [0.29, 0.717) is 24.4 Å². The molecule has 1 amide bonds. The largest absolute Gasteiger partial charge is 0.394 e. The number of nitrogens with one attached hydrogen (secondary N) is 1. The fourth-order valence-electron chi connectivity index (χ4n) is 3.77. The predicted octanol–water partition coefficient (Wildman–Crippen LogP) is 3.97. The van der Waals surface area contributed by atoms with Gasteiger partial charge in [-0.05, 0) is 60.5 Å². The van der Waals surface area contributed by atoms with Crippen molar-refractivity contribution in [3.05, 3.63) is 107 Å². The third-order valence-electron chi connectivity index (χ3n) is 5.52. The Labute approximate surface area is 190 Å². The number of rotatable bonds is 7. The minimum absolute atomic E-state index is 0.0882. The van der Waals surface area contributed by atoms with Gasteiger partial charge < -0.3 is 10.4 Å². The Bertz CT molecular complexity index is 1220. The van der Waals surface area contributed by atoms with Gasteiger partial charge in [0.15, 0.2) is 0 Å². The topological polar surface area (TPSA) is 74.6 Å². The summed E-state index contributed by atoms with van der Waals surface area (Å²) in [7, 11) is 0. The Hall–Kier alpha value is -3.71. The van der Waals surface area contributed by atoms with E-state index < -0.39 is 17.3 Å². The van der Waals surface area contributed by atoms with E-state index in [2.05, 4.69) is 15.3 Å². The number of nitrogens with zero attached hydrogens (tertiary/aromatic N) is 2. The lowest BCUT2D eigenvalue weighted by molar-refractivity contribution is 0.0850. The monoisotopic (exact) mass is 447 g/mol. The van der Waals surface area contributed by atoms with Crippen molar-refractivity contribution >= 4 is 17.2 Å². The summed E-state index contributed by atoms with van der Waals surface area (Å²) in [5.41, 5.74) is 1.84.